The third-order valence-electron chi connectivity index (χ3n) is 2.41. The Hall–Kier alpha value is -1.17. The second-order valence-electron chi connectivity index (χ2n) is 3.69. The van der Waals surface area contributed by atoms with Crippen molar-refractivity contribution in [2.75, 3.05) is 12.4 Å². The van der Waals surface area contributed by atoms with Gasteiger partial charge in [0.2, 0.25) is 0 Å². The van der Waals surface area contributed by atoms with Crippen LogP contribution < -0.4 is 0 Å². The Morgan fingerprint density at radius 3 is 2.50 bits per heavy atom. The largest absolute Gasteiger partial charge is 0.466 e. The number of methoxy groups -OCH3 is 1. The van der Waals surface area contributed by atoms with Gasteiger partial charge in [0.25, 0.3) is 0 Å². The number of hydrogen-bond donors (Lipinski definition) is 2. The molecule has 0 aromatic heterocycles. The molecule has 1 rings (SSSR count). The summed E-state index contributed by atoms with van der Waals surface area (Å²) in [6.45, 7) is 0. The predicted octanol–water partition coefficient (Wildman–Crippen LogP) is 1.66. The van der Waals surface area contributed by atoms with Gasteiger partial charge in [-0.3, -0.25) is 0 Å². The topological polar surface area (TPSA) is 66.8 Å². The average Bonchev–Trinajstić information content (AvgIpc) is 2.43. The molecule has 0 fully saturated rings. The van der Waals surface area contributed by atoms with E-state index in [1.165, 1.54) is 13.2 Å². The molecule has 1 aromatic carbocycles. The maximum absolute atomic E-state index is 10.9. The summed E-state index contributed by atoms with van der Waals surface area (Å²) in [5.74, 6) is -0.422. The Labute approximate surface area is 114 Å². The summed E-state index contributed by atoms with van der Waals surface area (Å²) >= 11 is 3.10. The zero-order chi connectivity index (χ0) is 13.5. The van der Waals surface area contributed by atoms with Crippen LogP contribution in [0, 0.1) is 0 Å². The quantitative estimate of drug-likeness (QED) is 0.493. The van der Waals surface area contributed by atoms with Crippen LogP contribution in [0.15, 0.2) is 30.3 Å². The number of ether oxygens (including phenoxy) is 1. The molecule has 2 unspecified atom stereocenters. The number of esters is 1. The minimum absolute atomic E-state index is 0.304. The highest BCUT2D eigenvalue weighted by molar-refractivity contribution is 9.09. The fraction of sp³-hybridized carbons (Fsp3) is 0.308. The first kappa shape index (κ1) is 14.9. The summed E-state index contributed by atoms with van der Waals surface area (Å²) in [6.07, 6.45) is 1.16. The molecule has 4 nitrogen and oxygen atoms in total. The standard InChI is InChI=1S/C13H15BrO4/c1-18-12(16)7-4-9-2-5-10(6-3-9)13(17)11(15)8-14/h2-7,11,13,15,17H,8H2,1H3/b7-4+. The summed E-state index contributed by atoms with van der Waals surface area (Å²) < 4.78 is 4.48. The van der Waals surface area contributed by atoms with Gasteiger partial charge in [0, 0.05) is 11.4 Å². The van der Waals surface area contributed by atoms with Gasteiger partial charge in [0.15, 0.2) is 0 Å². The number of alkyl halides is 1. The van der Waals surface area contributed by atoms with Crippen LogP contribution in [0.5, 0.6) is 0 Å². The van der Waals surface area contributed by atoms with Gasteiger partial charge in [-0.05, 0) is 17.2 Å². The summed E-state index contributed by atoms with van der Waals surface area (Å²) in [5.41, 5.74) is 1.43. The molecule has 0 aliphatic carbocycles. The molecule has 0 heterocycles. The van der Waals surface area contributed by atoms with E-state index in [1.54, 1.807) is 30.3 Å². The van der Waals surface area contributed by atoms with Gasteiger partial charge in [-0.2, -0.15) is 0 Å². The first-order valence-electron chi connectivity index (χ1n) is 5.36. The van der Waals surface area contributed by atoms with Crippen LogP contribution in [0.4, 0.5) is 0 Å². The molecule has 5 heteroatoms. The fourth-order valence-electron chi connectivity index (χ4n) is 1.34. The third kappa shape index (κ3) is 4.25. The second kappa shape index (κ2) is 7.31. The summed E-state index contributed by atoms with van der Waals surface area (Å²) in [4.78, 5) is 10.9. The molecule has 2 atom stereocenters. The van der Waals surface area contributed by atoms with E-state index in [-0.39, 0.29) is 0 Å². The van der Waals surface area contributed by atoms with Crippen LogP contribution in [-0.2, 0) is 9.53 Å². The number of rotatable bonds is 5. The molecule has 0 amide bonds. The van der Waals surface area contributed by atoms with Crippen molar-refractivity contribution < 1.29 is 19.7 Å². The molecule has 98 valence electrons. The molecule has 0 radical (unpaired) electrons. The molecule has 0 saturated carbocycles. The van der Waals surface area contributed by atoms with Crippen molar-refractivity contribution >= 4 is 28.0 Å². The number of hydrogen-bond acceptors (Lipinski definition) is 4. The Morgan fingerprint density at radius 2 is 2.00 bits per heavy atom. The molecule has 2 N–H and O–H groups in total. The van der Waals surface area contributed by atoms with Crippen molar-refractivity contribution in [2.45, 2.75) is 12.2 Å². The van der Waals surface area contributed by atoms with Crippen molar-refractivity contribution in [3.8, 4) is 0 Å². The van der Waals surface area contributed by atoms with Crippen LogP contribution in [-0.4, -0.2) is 34.7 Å². The monoisotopic (exact) mass is 314 g/mol. The minimum atomic E-state index is -0.928. The van der Waals surface area contributed by atoms with Gasteiger partial charge < -0.3 is 14.9 Å². The predicted molar refractivity (Wildman–Crippen MR) is 72.3 cm³/mol. The van der Waals surface area contributed by atoms with E-state index in [4.69, 9.17) is 0 Å². The lowest BCUT2D eigenvalue weighted by Gasteiger charge is -2.15. The number of carbonyl (C=O) groups is 1. The van der Waals surface area contributed by atoms with Crippen LogP contribution in [0.2, 0.25) is 0 Å². The highest BCUT2D eigenvalue weighted by Gasteiger charge is 2.16. The SMILES string of the molecule is COC(=O)/C=C/c1ccc(C(O)C(O)CBr)cc1. The molecular weight excluding hydrogens is 300 g/mol. The van der Waals surface area contributed by atoms with E-state index in [0.717, 1.165) is 5.56 Å². The van der Waals surface area contributed by atoms with Crippen LogP contribution in [0.25, 0.3) is 6.08 Å². The maximum atomic E-state index is 10.9. The van der Waals surface area contributed by atoms with Gasteiger partial charge in [-0.1, -0.05) is 40.2 Å². The zero-order valence-corrected chi connectivity index (χ0v) is 11.5. The van der Waals surface area contributed by atoms with E-state index in [2.05, 4.69) is 20.7 Å². The maximum Gasteiger partial charge on any atom is 0.330 e. The second-order valence-corrected chi connectivity index (χ2v) is 4.34. The molecule has 18 heavy (non-hydrogen) atoms. The van der Waals surface area contributed by atoms with E-state index < -0.39 is 18.2 Å². The van der Waals surface area contributed by atoms with Crippen LogP contribution >= 0.6 is 15.9 Å². The Bertz CT molecular complexity index is 414. The number of aliphatic hydroxyl groups is 2. The zero-order valence-electron chi connectivity index (χ0n) is 9.91. The molecule has 1 aromatic rings. The van der Waals surface area contributed by atoms with Crippen LogP contribution in [0.1, 0.15) is 17.2 Å². The first-order valence-corrected chi connectivity index (χ1v) is 6.48. The molecule has 0 spiro atoms. The lowest BCUT2D eigenvalue weighted by Crippen LogP contribution is -2.19. The first-order chi connectivity index (χ1) is 8.58. The number of aliphatic hydroxyl groups excluding tert-OH is 2. The van der Waals surface area contributed by atoms with E-state index in [1.807, 2.05) is 0 Å². The van der Waals surface area contributed by atoms with E-state index in [9.17, 15) is 15.0 Å². The summed E-state index contributed by atoms with van der Waals surface area (Å²) in [5, 5.41) is 19.6. The Balaban J connectivity index is 2.74. The van der Waals surface area contributed by atoms with Crippen molar-refractivity contribution in [2.24, 2.45) is 0 Å². The smallest absolute Gasteiger partial charge is 0.330 e. The molecular formula is C13H15BrO4. The summed E-state index contributed by atoms with van der Waals surface area (Å²) in [7, 11) is 1.31. The molecule has 0 saturated heterocycles. The minimum Gasteiger partial charge on any atom is -0.466 e. The number of halogens is 1. The molecule has 0 aliphatic heterocycles. The molecule has 0 bridgehead atoms. The van der Waals surface area contributed by atoms with Gasteiger partial charge in [-0.25, -0.2) is 4.79 Å². The average molecular weight is 315 g/mol. The third-order valence-corrected chi connectivity index (χ3v) is 3.08. The highest BCUT2D eigenvalue weighted by atomic mass is 79.9. The lowest BCUT2D eigenvalue weighted by atomic mass is 10.0. The Morgan fingerprint density at radius 1 is 1.39 bits per heavy atom. The van der Waals surface area contributed by atoms with Gasteiger partial charge in [-0.15, -0.1) is 0 Å². The fourth-order valence-corrected chi connectivity index (χ4v) is 1.70. The van der Waals surface area contributed by atoms with E-state index in [0.29, 0.717) is 10.9 Å². The summed E-state index contributed by atoms with van der Waals surface area (Å²) in [6, 6.07) is 6.90. The molecule has 0 aliphatic rings. The van der Waals surface area contributed by atoms with Crippen molar-refractivity contribution in [3.63, 3.8) is 0 Å². The normalized spacial score (nSPS) is 14.4. The van der Waals surface area contributed by atoms with Crippen molar-refractivity contribution in [1.82, 2.24) is 0 Å². The van der Waals surface area contributed by atoms with Gasteiger partial charge in [0.05, 0.1) is 13.2 Å². The Kier molecular flexibility index (Phi) is 6.04. The van der Waals surface area contributed by atoms with E-state index >= 15 is 0 Å². The van der Waals surface area contributed by atoms with Gasteiger partial charge >= 0.3 is 5.97 Å². The highest BCUT2D eigenvalue weighted by Crippen LogP contribution is 2.19. The van der Waals surface area contributed by atoms with Crippen LogP contribution in [0.3, 0.4) is 0 Å². The van der Waals surface area contributed by atoms with Crippen molar-refractivity contribution in [3.05, 3.63) is 41.5 Å². The lowest BCUT2D eigenvalue weighted by molar-refractivity contribution is -0.134. The number of carbonyl (C=O) groups excluding carboxylic acids is 1. The van der Waals surface area contributed by atoms with Crippen molar-refractivity contribution in [1.29, 1.82) is 0 Å². The van der Waals surface area contributed by atoms with Gasteiger partial charge in [0.1, 0.15) is 6.10 Å². The number of benzene rings is 1.